The van der Waals surface area contributed by atoms with E-state index in [0.29, 0.717) is 16.8 Å². The number of pyridine rings is 1. The van der Waals surface area contributed by atoms with Crippen LogP contribution < -0.4 is 10.3 Å². The van der Waals surface area contributed by atoms with Crippen LogP contribution in [0.1, 0.15) is 5.56 Å². The number of para-hydroxylation sites is 1. The Morgan fingerprint density at radius 1 is 1.31 bits per heavy atom. The standard InChI is InChI=1S/C12H9NO3/c14-10-6-5-8-11(16-10)7-3-1-2-4-9(7)13-12(8)15/h1-6,10,14H,(H,13,15). The zero-order chi connectivity index (χ0) is 11.1. The Bertz CT molecular complexity index is 642. The van der Waals surface area contributed by atoms with Crippen LogP contribution in [0.3, 0.4) is 0 Å². The van der Waals surface area contributed by atoms with Crippen molar-refractivity contribution in [3.63, 3.8) is 0 Å². The fourth-order valence-corrected chi connectivity index (χ4v) is 1.84. The maximum Gasteiger partial charge on any atom is 0.259 e. The molecule has 2 heterocycles. The minimum Gasteiger partial charge on any atom is -0.460 e. The number of benzene rings is 1. The van der Waals surface area contributed by atoms with Crippen LogP contribution >= 0.6 is 0 Å². The van der Waals surface area contributed by atoms with Crippen LogP contribution in [0, 0.1) is 0 Å². The van der Waals surface area contributed by atoms with Gasteiger partial charge in [-0.25, -0.2) is 0 Å². The van der Waals surface area contributed by atoms with E-state index in [-0.39, 0.29) is 5.56 Å². The number of aromatic amines is 1. The van der Waals surface area contributed by atoms with E-state index in [4.69, 9.17) is 4.74 Å². The largest absolute Gasteiger partial charge is 0.460 e. The number of H-pyrrole nitrogens is 1. The van der Waals surface area contributed by atoms with Crippen LogP contribution in [-0.2, 0) is 0 Å². The zero-order valence-electron chi connectivity index (χ0n) is 8.31. The van der Waals surface area contributed by atoms with E-state index in [0.717, 1.165) is 5.39 Å². The van der Waals surface area contributed by atoms with Gasteiger partial charge in [0.1, 0.15) is 5.75 Å². The van der Waals surface area contributed by atoms with Crippen molar-refractivity contribution < 1.29 is 9.84 Å². The third-order valence-electron chi connectivity index (χ3n) is 2.58. The predicted octanol–water partition coefficient (Wildman–Crippen LogP) is 1.25. The molecule has 4 nitrogen and oxygen atoms in total. The summed E-state index contributed by atoms with van der Waals surface area (Å²) in [5.74, 6) is 0.439. The summed E-state index contributed by atoms with van der Waals surface area (Å²) in [6.07, 6.45) is 2.03. The molecule has 1 unspecified atom stereocenters. The van der Waals surface area contributed by atoms with Crippen LogP contribution in [0.4, 0.5) is 0 Å². The summed E-state index contributed by atoms with van der Waals surface area (Å²) in [4.78, 5) is 14.5. The van der Waals surface area contributed by atoms with E-state index in [1.54, 1.807) is 12.1 Å². The van der Waals surface area contributed by atoms with Gasteiger partial charge in [0.15, 0.2) is 0 Å². The highest BCUT2D eigenvalue weighted by molar-refractivity contribution is 5.88. The number of hydrogen-bond acceptors (Lipinski definition) is 3. The summed E-state index contributed by atoms with van der Waals surface area (Å²) in [6.45, 7) is 0. The Balaban J connectivity index is 2.44. The minimum absolute atomic E-state index is 0.211. The van der Waals surface area contributed by atoms with Gasteiger partial charge in [-0.2, -0.15) is 0 Å². The van der Waals surface area contributed by atoms with Gasteiger partial charge in [-0.05, 0) is 24.3 Å². The molecule has 0 radical (unpaired) electrons. The molecule has 2 N–H and O–H groups in total. The van der Waals surface area contributed by atoms with Gasteiger partial charge in [-0.15, -0.1) is 0 Å². The first-order valence-corrected chi connectivity index (χ1v) is 4.93. The highest BCUT2D eigenvalue weighted by atomic mass is 16.6. The second-order valence-corrected chi connectivity index (χ2v) is 3.61. The number of nitrogens with one attached hydrogen (secondary N) is 1. The number of aromatic nitrogens is 1. The van der Waals surface area contributed by atoms with Gasteiger partial charge in [0.05, 0.1) is 11.1 Å². The topological polar surface area (TPSA) is 62.3 Å². The second-order valence-electron chi connectivity index (χ2n) is 3.61. The van der Waals surface area contributed by atoms with Crippen molar-refractivity contribution in [3.05, 3.63) is 46.3 Å². The Labute approximate surface area is 90.8 Å². The Morgan fingerprint density at radius 2 is 2.12 bits per heavy atom. The SMILES string of the molecule is O=c1[nH]c2ccccc2c2c1C=CC(O)O2. The number of aliphatic hydroxyl groups excluding tert-OH is 1. The third-order valence-corrected chi connectivity index (χ3v) is 2.58. The van der Waals surface area contributed by atoms with Crippen molar-refractivity contribution in [3.8, 4) is 5.75 Å². The number of rotatable bonds is 0. The first-order valence-electron chi connectivity index (χ1n) is 4.93. The summed E-state index contributed by atoms with van der Waals surface area (Å²) in [6, 6.07) is 7.33. The molecule has 80 valence electrons. The number of fused-ring (bicyclic) bond motifs is 3. The molecule has 2 aromatic rings. The van der Waals surface area contributed by atoms with Crippen molar-refractivity contribution in [2.24, 2.45) is 0 Å². The van der Waals surface area contributed by atoms with Crippen LogP contribution in [0.2, 0.25) is 0 Å². The van der Waals surface area contributed by atoms with Crippen molar-refractivity contribution in [2.45, 2.75) is 6.29 Å². The molecule has 0 aliphatic carbocycles. The third kappa shape index (κ3) is 1.24. The predicted molar refractivity (Wildman–Crippen MR) is 60.2 cm³/mol. The Kier molecular flexibility index (Phi) is 1.84. The zero-order valence-corrected chi connectivity index (χ0v) is 8.31. The van der Waals surface area contributed by atoms with Crippen LogP contribution in [0.15, 0.2) is 35.1 Å². The molecule has 0 saturated carbocycles. The molecular weight excluding hydrogens is 206 g/mol. The molecule has 1 aliphatic rings. The summed E-state index contributed by atoms with van der Waals surface area (Å²) in [7, 11) is 0. The first-order chi connectivity index (χ1) is 7.75. The molecule has 4 heteroatoms. The molecule has 1 atom stereocenters. The van der Waals surface area contributed by atoms with E-state index in [1.165, 1.54) is 6.08 Å². The summed E-state index contributed by atoms with van der Waals surface area (Å²) in [5.41, 5.74) is 0.939. The lowest BCUT2D eigenvalue weighted by Crippen LogP contribution is -2.21. The van der Waals surface area contributed by atoms with Gasteiger partial charge >= 0.3 is 0 Å². The lowest BCUT2D eigenvalue weighted by Gasteiger charge is -2.18. The summed E-state index contributed by atoms with van der Waals surface area (Å²) in [5, 5.41) is 10.2. The normalized spacial score (nSPS) is 18.2. The van der Waals surface area contributed by atoms with Crippen molar-refractivity contribution in [1.29, 1.82) is 0 Å². The van der Waals surface area contributed by atoms with E-state index < -0.39 is 6.29 Å². The van der Waals surface area contributed by atoms with Crippen molar-refractivity contribution >= 4 is 17.0 Å². The molecule has 0 amide bonds. The first kappa shape index (κ1) is 9.18. The van der Waals surface area contributed by atoms with Gasteiger partial charge in [-0.1, -0.05) is 12.1 Å². The van der Waals surface area contributed by atoms with Gasteiger partial charge in [-0.3, -0.25) is 4.79 Å². The number of ether oxygens (including phenoxy) is 1. The van der Waals surface area contributed by atoms with Gasteiger partial charge in [0.2, 0.25) is 6.29 Å². The number of aliphatic hydroxyl groups is 1. The van der Waals surface area contributed by atoms with Crippen LogP contribution in [0.25, 0.3) is 17.0 Å². The molecule has 0 bridgehead atoms. The monoisotopic (exact) mass is 215 g/mol. The van der Waals surface area contributed by atoms with Crippen molar-refractivity contribution in [1.82, 2.24) is 4.98 Å². The fourth-order valence-electron chi connectivity index (χ4n) is 1.84. The van der Waals surface area contributed by atoms with E-state index in [2.05, 4.69) is 4.98 Å². The Hall–Kier alpha value is -2.07. The molecule has 0 saturated heterocycles. The lowest BCUT2D eigenvalue weighted by molar-refractivity contribution is 0.0242. The van der Waals surface area contributed by atoms with E-state index >= 15 is 0 Å². The van der Waals surface area contributed by atoms with Crippen LogP contribution in [-0.4, -0.2) is 16.4 Å². The quantitative estimate of drug-likeness (QED) is 0.695. The molecule has 1 aliphatic heterocycles. The maximum atomic E-state index is 11.7. The van der Waals surface area contributed by atoms with Gasteiger partial charge in [0.25, 0.3) is 5.56 Å². The molecular formula is C12H9NO3. The van der Waals surface area contributed by atoms with Gasteiger partial charge in [0, 0.05) is 5.39 Å². The summed E-state index contributed by atoms with van der Waals surface area (Å²) < 4.78 is 5.27. The highest BCUT2D eigenvalue weighted by Crippen LogP contribution is 2.30. The minimum atomic E-state index is -0.988. The molecule has 0 spiro atoms. The smallest absolute Gasteiger partial charge is 0.259 e. The molecule has 0 fully saturated rings. The van der Waals surface area contributed by atoms with E-state index in [1.807, 2.05) is 18.2 Å². The number of hydrogen-bond donors (Lipinski definition) is 2. The van der Waals surface area contributed by atoms with Crippen LogP contribution in [0.5, 0.6) is 5.75 Å². The second kappa shape index (κ2) is 3.21. The molecule has 16 heavy (non-hydrogen) atoms. The molecule has 1 aromatic carbocycles. The van der Waals surface area contributed by atoms with Gasteiger partial charge < -0.3 is 14.8 Å². The van der Waals surface area contributed by atoms with E-state index in [9.17, 15) is 9.90 Å². The maximum absolute atomic E-state index is 11.7. The highest BCUT2D eigenvalue weighted by Gasteiger charge is 2.17. The Morgan fingerprint density at radius 3 is 3.00 bits per heavy atom. The average Bonchev–Trinajstić information content (AvgIpc) is 2.29. The molecule has 1 aromatic heterocycles. The molecule has 3 rings (SSSR count). The lowest BCUT2D eigenvalue weighted by atomic mass is 10.1. The average molecular weight is 215 g/mol. The fraction of sp³-hybridized carbons (Fsp3) is 0.0833. The van der Waals surface area contributed by atoms with Crippen molar-refractivity contribution in [2.75, 3.05) is 0 Å². The summed E-state index contributed by atoms with van der Waals surface area (Å²) >= 11 is 0.